The van der Waals surface area contributed by atoms with Crippen LogP contribution in [0.25, 0.3) is 0 Å². The first-order valence-corrected chi connectivity index (χ1v) is 9.00. The molecule has 3 atom stereocenters. The fraction of sp³-hybridized carbons (Fsp3) is 0.941. The Hall–Kier alpha value is -0.850. The number of hydrogen-bond acceptors (Lipinski definition) is 4. The third kappa shape index (κ3) is 3.80. The van der Waals surface area contributed by atoms with Crippen LogP contribution in [0.4, 0.5) is 0 Å². The molecular formula is C17H32N4O2. The molecule has 3 rings (SSSR count). The number of hydrogen-bond donors (Lipinski definition) is 1. The summed E-state index contributed by atoms with van der Waals surface area (Å²) in [6.45, 7) is 12.2. The average molecular weight is 324 g/mol. The van der Waals surface area contributed by atoms with E-state index in [1.54, 1.807) is 0 Å². The maximum Gasteiger partial charge on any atom is 0.193 e. The van der Waals surface area contributed by atoms with Gasteiger partial charge in [-0.3, -0.25) is 9.89 Å². The van der Waals surface area contributed by atoms with Gasteiger partial charge in [-0.25, -0.2) is 0 Å². The molecule has 6 heteroatoms. The fourth-order valence-corrected chi connectivity index (χ4v) is 4.17. The van der Waals surface area contributed by atoms with Gasteiger partial charge in [0.1, 0.15) is 0 Å². The van der Waals surface area contributed by atoms with Crippen LogP contribution in [0.3, 0.4) is 0 Å². The van der Waals surface area contributed by atoms with Gasteiger partial charge in [0.2, 0.25) is 0 Å². The maximum absolute atomic E-state index is 5.63. The second kappa shape index (κ2) is 7.36. The molecule has 3 saturated heterocycles. The molecular weight excluding hydrogens is 292 g/mol. The Labute approximate surface area is 140 Å². The van der Waals surface area contributed by atoms with Crippen LogP contribution in [0.1, 0.15) is 26.7 Å². The van der Waals surface area contributed by atoms with Crippen molar-refractivity contribution in [3.05, 3.63) is 0 Å². The number of guanidine groups is 1. The molecule has 3 unspecified atom stereocenters. The third-order valence-corrected chi connectivity index (χ3v) is 5.68. The molecule has 3 aliphatic heterocycles. The highest BCUT2D eigenvalue weighted by molar-refractivity contribution is 5.80. The number of ether oxygens (including phenoxy) is 2. The first kappa shape index (κ1) is 17.0. The number of morpholine rings is 1. The highest BCUT2D eigenvalue weighted by Crippen LogP contribution is 2.38. The van der Waals surface area contributed by atoms with Gasteiger partial charge in [-0.1, -0.05) is 0 Å². The molecule has 3 aliphatic rings. The summed E-state index contributed by atoms with van der Waals surface area (Å²) in [6, 6.07) is 0.977. The molecule has 0 radical (unpaired) electrons. The summed E-state index contributed by atoms with van der Waals surface area (Å²) in [6.07, 6.45) is 2.42. The first-order valence-electron chi connectivity index (χ1n) is 9.00. The number of aliphatic imine (C=N–C) groups is 1. The van der Waals surface area contributed by atoms with Crippen LogP contribution >= 0.6 is 0 Å². The average Bonchev–Trinajstić information content (AvgIpc) is 3.19. The Balaban J connectivity index is 1.50. The van der Waals surface area contributed by atoms with E-state index in [0.29, 0.717) is 17.5 Å². The Morgan fingerprint density at radius 3 is 2.87 bits per heavy atom. The second-order valence-electron chi connectivity index (χ2n) is 7.41. The molecule has 0 amide bonds. The van der Waals surface area contributed by atoms with E-state index in [1.165, 1.54) is 12.8 Å². The highest BCUT2D eigenvalue weighted by Gasteiger charge is 2.42. The fourth-order valence-electron chi connectivity index (χ4n) is 4.17. The molecule has 132 valence electrons. The lowest BCUT2D eigenvalue weighted by Crippen LogP contribution is -2.53. The molecule has 0 aromatic carbocycles. The summed E-state index contributed by atoms with van der Waals surface area (Å²) in [4.78, 5) is 9.44. The molecule has 1 spiro atoms. The van der Waals surface area contributed by atoms with E-state index >= 15 is 0 Å². The van der Waals surface area contributed by atoms with Gasteiger partial charge in [0.25, 0.3) is 0 Å². The standard InChI is InChI=1S/C17H32N4O2/c1-14(21-7-9-22-11-15(21)2)10-19-16(18-3)20-6-4-17(12-20)5-8-23-13-17/h14-15H,4-13H2,1-3H3,(H,18,19). The summed E-state index contributed by atoms with van der Waals surface area (Å²) in [7, 11) is 1.89. The van der Waals surface area contributed by atoms with E-state index in [0.717, 1.165) is 58.6 Å². The Morgan fingerprint density at radius 1 is 1.30 bits per heavy atom. The summed E-state index contributed by atoms with van der Waals surface area (Å²) >= 11 is 0. The normalized spacial score (nSPS) is 34.3. The molecule has 0 aromatic heterocycles. The zero-order valence-corrected chi connectivity index (χ0v) is 14.9. The van der Waals surface area contributed by atoms with Crippen LogP contribution in [-0.2, 0) is 9.47 Å². The maximum atomic E-state index is 5.63. The quantitative estimate of drug-likeness (QED) is 0.614. The van der Waals surface area contributed by atoms with Gasteiger partial charge in [-0.05, 0) is 26.7 Å². The van der Waals surface area contributed by atoms with Crippen molar-refractivity contribution in [1.82, 2.24) is 15.1 Å². The van der Waals surface area contributed by atoms with Crippen molar-refractivity contribution >= 4 is 5.96 Å². The molecule has 0 aliphatic carbocycles. The second-order valence-corrected chi connectivity index (χ2v) is 7.41. The molecule has 0 saturated carbocycles. The lowest BCUT2D eigenvalue weighted by molar-refractivity contribution is -0.0175. The van der Waals surface area contributed by atoms with Gasteiger partial charge < -0.3 is 19.7 Å². The van der Waals surface area contributed by atoms with Crippen LogP contribution in [0, 0.1) is 5.41 Å². The van der Waals surface area contributed by atoms with E-state index in [2.05, 4.69) is 34.0 Å². The van der Waals surface area contributed by atoms with Crippen molar-refractivity contribution < 1.29 is 9.47 Å². The smallest absolute Gasteiger partial charge is 0.193 e. The SMILES string of the molecule is CN=C(NCC(C)N1CCOCC1C)N1CCC2(CCOC2)C1. The van der Waals surface area contributed by atoms with Crippen LogP contribution in [0.5, 0.6) is 0 Å². The summed E-state index contributed by atoms with van der Waals surface area (Å²) in [5.41, 5.74) is 0.377. The van der Waals surface area contributed by atoms with E-state index in [4.69, 9.17) is 9.47 Å². The molecule has 3 heterocycles. The molecule has 0 bridgehead atoms. The minimum Gasteiger partial charge on any atom is -0.381 e. The van der Waals surface area contributed by atoms with Gasteiger partial charge in [0, 0.05) is 57.3 Å². The summed E-state index contributed by atoms with van der Waals surface area (Å²) < 4.78 is 11.2. The molecule has 3 fully saturated rings. The number of nitrogens with one attached hydrogen (secondary N) is 1. The molecule has 1 N–H and O–H groups in total. The van der Waals surface area contributed by atoms with Crippen LogP contribution < -0.4 is 5.32 Å². The van der Waals surface area contributed by atoms with Gasteiger partial charge in [-0.15, -0.1) is 0 Å². The summed E-state index contributed by atoms with van der Waals surface area (Å²) in [5.74, 6) is 1.04. The highest BCUT2D eigenvalue weighted by atomic mass is 16.5. The van der Waals surface area contributed by atoms with Crippen molar-refractivity contribution in [3.8, 4) is 0 Å². The topological polar surface area (TPSA) is 49.3 Å². The molecule has 23 heavy (non-hydrogen) atoms. The molecule has 0 aromatic rings. The Morgan fingerprint density at radius 2 is 2.17 bits per heavy atom. The van der Waals surface area contributed by atoms with Gasteiger partial charge in [0.05, 0.1) is 19.8 Å². The van der Waals surface area contributed by atoms with Gasteiger partial charge in [-0.2, -0.15) is 0 Å². The number of nitrogens with zero attached hydrogens (tertiary/aromatic N) is 3. The van der Waals surface area contributed by atoms with E-state index in [9.17, 15) is 0 Å². The van der Waals surface area contributed by atoms with Crippen molar-refractivity contribution in [2.45, 2.75) is 38.8 Å². The van der Waals surface area contributed by atoms with E-state index in [1.807, 2.05) is 7.05 Å². The summed E-state index contributed by atoms with van der Waals surface area (Å²) in [5, 5.41) is 3.59. The minimum absolute atomic E-state index is 0.377. The van der Waals surface area contributed by atoms with Crippen molar-refractivity contribution in [3.63, 3.8) is 0 Å². The Kier molecular flexibility index (Phi) is 5.44. The minimum atomic E-state index is 0.377. The van der Waals surface area contributed by atoms with E-state index in [-0.39, 0.29) is 0 Å². The zero-order valence-electron chi connectivity index (χ0n) is 14.9. The third-order valence-electron chi connectivity index (χ3n) is 5.68. The van der Waals surface area contributed by atoms with Crippen LogP contribution in [-0.4, -0.2) is 87.5 Å². The van der Waals surface area contributed by atoms with Crippen LogP contribution in [0.2, 0.25) is 0 Å². The monoisotopic (exact) mass is 324 g/mol. The largest absolute Gasteiger partial charge is 0.381 e. The predicted octanol–water partition coefficient (Wildman–Crippen LogP) is 0.783. The van der Waals surface area contributed by atoms with Crippen molar-refractivity contribution in [2.75, 3.05) is 59.7 Å². The number of rotatable bonds is 3. The number of likely N-dealkylation sites (tertiary alicyclic amines) is 1. The van der Waals surface area contributed by atoms with E-state index < -0.39 is 0 Å². The van der Waals surface area contributed by atoms with Gasteiger partial charge in [0.15, 0.2) is 5.96 Å². The lowest BCUT2D eigenvalue weighted by Gasteiger charge is -2.38. The predicted molar refractivity (Wildman–Crippen MR) is 91.9 cm³/mol. The zero-order chi connectivity index (χ0) is 16.3. The van der Waals surface area contributed by atoms with Crippen molar-refractivity contribution in [1.29, 1.82) is 0 Å². The van der Waals surface area contributed by atoms with Gasteiger partial charge >= 0.3 is 0 Å². The lowest BCUT2D eigenvalue weighted by atomic mass is 9.87. The first-order chi connectivity index (χ1) is 11.1. The Bertz CT molecular complexity index is 423. The van der Waals surface area contributed by atoms with Crippen LogP contribution in [0.15, 0.2) is 4.99 Å². The van der Waals surface area contributed by atoms with Crippen molar-refractivity contribution in [2.24, 2.45) is 10.4 Å². The molecule has 6 nitrogen and oxygen atoms in total.